The van der Waals surface area contributed by atoms with Gasteiger partial charge in [0.2, 0.25) is 11.7 Å². The summed E-state index contributed by atoms with van der Waals surface area (Å²) in [6.45, 7) is 3.08. The number of rotatable bonds is 13. The highest BCUT2D eigenvalue weighted by molar-refractivity contribution is 7.20. The van der Waals surface area contributed by atoms with E-state index >= 15 is 0 Å². The number of nitrogens with two attached hydrogens (primary N) is 2. The fourth-order valence-corrected chi connectivity index (χ4v) is 6.29. The first-order chi connectivity index (χ1) is 18.9. The predicted octanol–water partition coefficient (Wildman–Crippen LogP) is 2.04. The number of Topliss-reactive ketones (excluding diaryl/α,β-unsaturated/α-hetero) is 1. The fraction of sp³-hybridized carbons (Fsp3) is 0.433. The summed E-state index contributed by atoms with van der Waals surface area (Å²) in [6.07, 6.45) is 3.04. The molecule has 1 aliphatic heterocycles. The van der Waals surface area contributed by atoms with Gasteiger partial charge in [0.1, 0.15) is 6.04 Å². The Labute approximate surface area is 234 Å². The van der Waals surface area contributed by atoms with Crippen molar-refractivity contribution in [2.24, 2.45) is 5.73 Å². The molecule has 0 spiro atoms. The lowest BCUT2D eigenvalue weighted by Gasteiger charge is -2.27. The second-order valence-corrected chi connectivity index (χ2v) is 11.4. The zero-order valence-electron chi connectivity index (χ0n) is 22.8. The first-order valence-corrected chi connectivity index (χ1v) is 14.6. The number of carbonyl (C=O) groups is 3. The molecule has 9 heteroatoms. The number of thiophene rings is 1. The Kier molecular flexibility index (Phi) is 10.4. The number of likely N-dealkylation sites (N-methyl/N-ethyl adjacent to an activating group) is 1. The van der Waals surface area contributed by atoms with E-state index in [1.165, 1.54) is 11.3 Å². The van der Waals surface area contributed by atoms with Crippen molar-refractivity contribution in [2.75, 3.05) is 20.1 Å². The number of hydrogen-bond donors (Lipinski definition) is 4. The molecule has 0 saturated carbocycles. The number of likely N-dealkylation sites (tertiary alicyclic amines) is 1. The van der Waals surface area contributed by atoms with E-state index in [2.05, 4.69) is 10.6 Å². The highest BCUT2D eigenvalue weighted by Gasteiger charge is 2.40. The van der Waals surface area contributed by atoms with Crippen molar-refractivity contribution in [1.29, 1.82) is 0 Å². The van der Waals surface area contributed by atoms with Crippen molar-refractivity contribution in [2.45, 2.75) is 63.3 Å². The van der Waals surface area contributed by atoms with Crippen molar-refractivity contribution < 1.29 is 19.7 Å². The number of nitrogens with one attached hydrogen (secondary N) is 2. The van der Waals surface area contributed by atoms with Gasteiger partial charge in [0.05, 0.1) is 17.1 Å². The molecule has 2 unspecified atom stereocenters. The van der Waals surface area contributed by atoms with Crippen LogP contribution in [0.4, 0.5) is 0 Å². The van der Waals surface area contributed by atoms with E-state index in [-0.39, 0.29) is 23.8 Å². The Morgan fingerprint density at radius 1 is 1.13 bits per heavy atom. The molecule has 1 fully saturated rings. The van der Waals surface area contributed by atoms with Crippen molar-refractivity contribution in [3.8, 4) is 0 Å². The number of primary amides is 1. The van der Waals surface area contributed by atoms with Crippen LogP contribution in [0.5, 0.6) is 0 Å². The van der Waals surface area contributed by atoms with E-state index in [0.29, 0.717) is 43.6 Å². The van der Waals surface area contributed by atoms with Gasteiger partial charge in [-0.2, -0.15) is 0 Å². The Bertz CT molecular complexity index is 1230. The Balaban J connectivity index is 1.47. The van der Waals surface area contributed by atoms with Crippen LogP contribution in [-0.2, 0) is 16.0 Å². The van der Waals surface area contributed by atoms with E-state index in [0.717, 1.165) is 22.1 Å². The largest absolute Gasteiger partial charge is 0.333 e. The molecule has 2 amide bonds. The minimum atomic E-state index is -0.553. The van der Waals surface area contributed by atoms with Crippen molar-refractivity contribution in [1.82, 2.24) is 15.5 Å². The molecule has 8 nitrogen and oxygen atoms in total. The topological polar surface area (TPSA) is 121 Å². The van der Waals surface area contributed by atoms with Gasteiger partial charge in [-0.15, -0.1) is 11.3 Å². The lowest BCUT2D eigenvalue weighted by Crippen LogP contribution is -2.97. The van der Waals surface area contributed by atoms with Gasteiger partial charge in [-0.05, 0) is 69.3 Å². The molecule has 39 heavy (non-hydrogen) atoms. The summed E-state index contributed by atoms with van der Waals surface area (Å²) < 4.78 is 1.05. The van der Waals surface area contributed by atoms with Crippen LogP contribution in [0.1, 0.15) is 47.8 Å². The molecule has 3 aromatic rings. The van der Waals surface area contributed by atoms with Crippen molar-refractivity contribution in [3.63, 3.8) is 0 Å². The number of ketones is 1. The van der Waals surface area contributed by atoms with E-state index in [9.17, 15) is 14.4 Å². The average Bonchev–Trinajstić information content (AvgIpc) is 3.61. The smallest absolute Gasteiger partial charge is 0.325 e. The number of hydrogen-bond acceptors (Lipinski definition) is 7. The number of nitrogens with zero attached hydrogens (tertiary/aromatic N) is 1. The van der Waals surface area contributed by atoms with E-state index in [1.807, 2.05) is 67.6 Å². The fourth-order valence-electron chi connectivity index (χ4n) is 5.23. The maximum Gasteiger partial charge on any atom is 0.333 e. The molecule has 6 N–H and O–H groups in total. The van der Waals surface area contributed by atoms with Crippen LogP contribution in [0.15, 0.2) is 60.7 Å². The summed E-state index contributed by atoms with van der Waals surface area (Å²) in [5.74, 6) is -0.257. The zero-order valence-corrected chi connectivity index (χ0v) is 23.6. The number of amides is 2. The van der Waals surface area contributed by atoms with Crippen molar-refractivity contribution >= 4 is 39.0 Å². The van der Waals surface area contributed by atoms with Crippen LogP contribution in [-0.4, -0.2) is 66.9 Å². The standard InChI is InChI=1S/C30H39N5O3S/c1-20(31)33-16-8-13-23(28(36)27-19-22-12-6-7-15-26(22)39-27)34-29(37)25-14-9-17-35(25)30(38)24(32-2)18-21-10-4-3-5-11-21/h3-7,10-12,15,19-20,23-25,32-33H,8-9,13-14,16-18,31H2,1-2H3,(H,34,37)/p+1/t20?,23-,24?,25-/m0/s1. The Morgan fingerprint density at radius 2 is 1.87 bits per heavy atom. The van der Waals surface area contributed by atoms with Gasteiger partial charge < -0.3 is 21.3 Å². The van der Waals surface area contributed by atoms with Crippen LogP contribution >= 0.6 is 11.3 Å². The number of benzene rings is 2. The molecule has 2 aromatic carbocycles. The second kappa shape index (κ2) is 13.9. The number of carbonyl (C=O) groups excluding carboxylic acids is 3. The molecule has 0 bridgehead atoms. The van der Waals surface area contributed by atoms with Crippen molar-refractivity contribution in [3.05, 3.63) is 71.1 Å². The summed E-state index contributed by atoms with van der Waals surface area (Å²) in [6, 6.07) is 18.2. The lowest BCUT2D eigenvalue weighted by atomic mass is 10.0. The van der Waals surface area contributed by atoms with E-state index in [4.69, 9.17) is 5.73 Å². The molecular weight excluding hydrogens is 510 g/mol. The zero-order chi connectivity index (χ0) is 27.8. The van der Waals surface area contributed by atoms with E-state index < -0.39 is 18.1 Å². The summed E-state index contributed by atoms with van der Waals surface area (Å²) in [7, 11) is 1.78. The van der Waals surface area contributed by atoms with Gasteiger partial charge in [-0.1, -0.05) is 48.5 Å². The molecule has 1 aromatic heterocycles. The second-order valence-electron chi connectivity index (χ2n) is 10.3. The van der Waals surface area contributed by atoms with E-state index in [1.54, 1.807) is 17.3 Å². The molecule has 4 atom stereocenters. The molecule has 0 aliphatic carbocycles. The molecule has 1 saturated heterocycles. The predicted molar refractivity (Wildman–Crippen MR) is 155 cm³/mol. The highest BCUT2D eigenvalue weighted by atomic mass is 32.1. The summed E-state index contributed by atoms with van der Waals surface area (Å²) in [5.41, 5.74) is 6.88. The maximum absolute atomic E-state index is 13.7. The molecule has 1 aliphatic rings. The summed E-state index contributed by atoms with van der Waals surface area (Å²) in [4.78, 5) is 43.2. The monoisotopic (exact) mass is 550 g/mol. The lowest BCUT2D eigenvalue weighted by molar-refractivity contribution is -0.593. The molecule has 2 heterocycles. The van der Waals surface area contributed by atoms with Crippen LogP contribution in [0.3, 0.4) is 0 Å². The van der Waals surface area contributed by atoms with Gasteiger partial charge in [-0.25, -0.2) is 4.79 Å². The quantitative estimate of drug-likeness (QED) is 0.147. The average molecular weight is 551 g/mol. The van der Waals surface area contributed by atoms with Crippen LogP contribution in [0.25, 0.3) is 10.1 Å². The molecular formula is C30H40N5O3S+. The van der Waals surface area contributed by atoms with Gasteiger partial charge in [0, 0.05) is 17.7 Å². The van der Waals surface area contributed by atoms with Crippen LogP contribution < -0.4 is 21.7 Å². The molecule has 4 rings (SSSR count). The number of fused-ring (bicyclic) bond motifs is 1. The van der Waals surface area contributed by atoms with Gasteiger partial charge >= 0.3 is 5.91 Å². The Morgan fingerprint density at radius 3 is 2.59 bits per heavy atom. The normalized spacial score (nSPS) is 17.7. The summed E-state index contributed by atoms with van der Waals surface area (Å²) >= 11 is 1.46. The molecule has 208 valence electrons. The van der Waals surface area contributed by atoms with Crippen LogP contribution in [0, 0.1) is 0 Å². The van der Waals surface area contributed by atoms with Gasteiger partial charge in [0.15, 0.2) is 6.04 Å². The minimum Gasteiger partial charge on any atom is -0.325 e. The van der Waals surface area contributed by atoms with Gasteiger partial charge in [0.25, 0.3) is 0 Å². The van der Waals surface area contributed by atoms with Gasteiger partial charge in [-0.3, -0.25) is 14.9 Å². The Hall–Kier alpha value is -2.95. The molecule has 0 radical (unpaired) electrons. The third-order valence-corrected chi connectivity index (χ3v) is 8.45. The first kappa shape index (κ1) is 29.0. The first-order valence-electron chi connectivity index (χ1n) is 13.8. The number of quaternary nitrogens is 1. The highest BCUT2D eigenvalue weighted by Crippen LogP contribution is 2.26. The third kappa shape index (κ3) is 7.58. The maximum atomic E-state index is 13.7. The third-order valence-electron chi connectivity index (χ3n) is 7.32. The SMILES string of the molecule is CNC(Cc1ccccc1)C(=O)N1CCC[C@H]1C(=O)[NH2+][C@@H](CCCNC(C)N)C(=O)c1cc2ccccc2s1. The minimum absolute atomic E-state index is 0.0431. The van der Waals surface area contributed by atoms with Crippen LogP contribution in [0.2, 0.25) is 0 Å². The summed E-state index contributed by atoms with van der Waals surface area (Å²) in [5, 5.41) is 8.93.